The molecule has 4 rings (SSSR count). The molecule has 35 heavy (non-hydrogen) atoms. The lowest BCUT2D eigenvalue weighted by molar-refractivity contribution is -0.141. The number of fused-ring (bicyclic) bond motifs is 1. The first-order valence-corrected chi connectivity index (χ1v) is 12.2. The van der Waals surface area contributed by atoms with Crippen molar-refractivity contribution in [1.29, 1.82) is 5.26 Å². The summed E-state index contributed by atoms with van der Waals surface area (Å²) in [5.74, 6) is -0.650. The SMILES string of the molecule is CCOC(=O)CNC(=O)c1csc2c(=O)n(Cc3ccccc3C#N)c(N3CCC[C@@H](N)C3)nc12. The molecule has 0 aliphatic carbocycles. The monoisotopic (exact) mass is 494 g/mol. The van der Waals surface area contributed by atoms with Crippen molar-refractivity contribution < 1.29 is 14.3 Å². The van der Waals surface area contributed by atoms with Gasteiger partial charge in [0.15, 0.2) is 0 Å². The van der Waals surface area contributed by atoms with Gasteiger partial charge in [-0.15, -0.1) is 11.3 Å². The summed E-state index contributed by atoms with van der Waals surface area (Å²) in [6, 6.07) is 9.22. The topological polar surface area (TPSA) is 143 Å². The van der Waals surface area contributed by atoms with Gasteiger partial charge in [-0.05, 0) is 31.4 Å². The van der Waals surface area contributed by atoms with Crippen molar-refractivity contribution in [2.45, 2.75) is 32.4 Å². The van der Waals surface area contributed by atoms with E-state index in [0.717, 1.165) is 24.2 Å². The number of hydrogen-bond acceptors (Lipinski definition) is 9. The third kappa shape index (κ3) is 5.18. The summed E-state index contributed by atoms with van der Waals surface area (Å²) >= 11 is 1.12. The predicted molar refractivity (Wildman–Crippen MR) is 133 cm³/mol. The number of thiophene rings is 1. The van der Waals surface area contributed by atoms with Crippen molar-refractivity contribution in [2.75, 3.05) is 31.1 Å². The van der Waals surface area contributed by atoms with E-state index < -0.39 is 11.9 Å². The second-order valence-electron chi connectivity index (χ2n) is 8.24. The number of esters is 1. The number of anilines is 1. The van der Waals surface area contributed by atoms with E-state index in [-0.39, 0.29) is 42.4 Å². The lowest BCUT2D eigenvalue weighted by atomic mass is 10.1. The summed E-state index contributed by atoms with van der Waals surface area (Å²) < 4.78 is 6.73. The molecule has 1 amide bonds. The van der Waals surface area contributed by atoms with Crippen LogP contribution in [0.2, 0.25) is 0 Å². The number of nitrogens with one attached hydrogen (secondary N) is 1. The number of piperidine rings is 1. The van der Waals surface area contributed by atoms with E-state index in [1.165, 1.54) is 0 Å². The van der Waals surface area contributed by atoms with Crippen molar-refractivity contribution >= 4 is 39.4 Å². The smallest absolute Gasteiger partial charge is 0.325 e. The van der Waals surface area contributed by atoms with Gasteiger partial charge in [-0.25, -0.2) is 4.98 Å². The highest BCUT2D eigenvalue weighted by molar-refractivity contribution is 7.17. The van der Waals surface area contributed by atoms with Crippen LogP contribution in [0.5, 0.6) is 0 Å². The van der Waals surface area contributed by atoms with Crippen LogP contribution in [-0.4, -0.2) is 53.7 Å². The van der Waals surface area contributed by atoms with Gasteiger partial charge in [0.1, 0.15) is 16.8 Å². The predicted octanol–water partition coefficient (Wildman–Crippen LogP) is 1.60. The molecular weight excluding hydrogens is 468 g/mol. The molecule has 3 aromatic rings. The van der Waals surface area contributed by atoms with Gasteiger partial charge in [0.05, 0.1) is 30.3 Å². The van der Waals surface area contributed by atoms with Crippen LogP contribution < -0.4 is 21.5 Å². The maximum absolute atomic E-state index is 13.7. The molecule has 3 N–H and O–H groups in total. The number of benzene rings is 1. The summed E-state index contributed by atoms with van der Waals surface area (Å²) in [6.07, 6.45) is 1.72. The maximum atomic E-state index is 13.7. The van der Waals surface area contributed by atoms with Crippen LogP contribution in [0.1, 0.15) is 41.3 Å². The van der Waals surface area contributed by atoms with E-state index in [2.05, 4.69) is 11.4 Å². The van der Waals surface area contributed by atoms with Gasteiger partial charge in [-0.2, -0.15) is 5.26 Å². The summed E-state index contributed by atoms with van der Waals surface area (Å²) in [4.78, 5) is 44.8. The van der Waals surface area contributed by atoms with E-state index in [9.17, 15) is 19.6 Å². The van der Waals surface area contributed by atoms with E-state index in [0.29, 0.717) is 34.9 Å². The first-order valence-electron chi connectivity index (χ1n) is 11.4. The molecule has 1 atom stereocenters. The molecule has 182 valence electrons. The molecule has 0 saturated carbocycles. The third-order valence-electron chi connectivity index (χ3n) is 5.81. The second kappa shape index (κ2) is 10.7. The fourth-order valence-electron chi connectivity index (χ4n) is 4.12. The molecule has 3 heterocycles. The number of carbonyl (C=O) groups excluding carboxylic acids is 2. The van der Waals surface area contributed by atoms with Crippen molar-refractivity contribution in [3.05, 3.63) is 56.7 Å². The molecule has 2 aromatic heterocycles. The van der Waals surface area contributed by atoms with Gasteiger partial charge in [0.2, 0.25) is 5.95 Å². The summed E-state index contributed by atoms with van der Waals surface area (Å²) in [7, 11) is 0. The van der Waals surface area contributed by atoms with Crippen molar-refractivity contribution in [2.24, 2.45) is 5.73 Å². The Balaban J connectivity index is 1.78. The number of nitriles is 1. The summed E-state index contributed by atoms with van der Waals surface area (Å²) in [5.41, 5.74) is 7.58. The van der Waals surface area contributed by atoms with E-state index in [1.54, 1.807) is 29.0 Å². The normalized spacial score (nSPS) is 15.6. The van der Waals surface area contributed by atoms with Crippen LogP contribution in [0.4, 0.5) is 5.95 Å². The van der Waals surface area contributed by atoms with Crippen LogP contribution in [0.15, 0.2) is 34.4 Å². The largest absolute Gasteiger partial charge is 0.465 e. The number of aromatic nitrogens is 2. The number of ether oxygens (including phenoxy) is 1. The zero-order valence-electron chi connectivity index (χ0n) is 19.3. The Morgan fingerprint density at radius 3 is 2.91 bits per heavy atom. The molecule has 10 nitrogen and oxygen atoms in total. The molecule has 11 heteroatoms. The fraction of sp³-hybridized carbons (Fsp3) is 0.375. The van der Waals surface area contributed by atoms with Crippen LogP contribution in [-0.2, 0) is 16.1 Å². The first kappa shape index (κ1) is 24.4. The van der Waals surface area contributed by atoms with Gasteiger partial charge in [-0.1, -0.05) is 18.2 Å². The Morgan fingerprint density at radius 2 is 2.17 bits per heavy atom. The van der Waals surface area contributed by atoms with Crippen molar-refractivity contribution in [3.8, 4) is 6.07 Å². The number of hydrogen-bond donors (Lipinski definition) is 2. The zero-order chi connectivity index (χ0) is 24.9. The highest BCUT2D eigenvalue weighted by Crippen LogP contribution is 2.26. The molecule has 1 aliphatic heterocycles. The van der Waals surface area contributed by atoms with Crippen LogP contribution in [0.3, 0.4) is 0 Å². The molecule has 0 radical (unpaired) electrons. The Morgan fingerprint density at radius 1 is 1.37 bits per heavy atom. The van der Waals surface area contributed by atoms with Gasteiger partial charge >= 0.3 is 5.97 Å². The molecule has 0 unspecified atom stereocenters. The number of nitrogens with two attached hydrogens (primary N) is 1. The zero-order valence-corrected chi connectivity index (χ0v) is 20.1. The highest BCUT2D eigenvalue weighted by Gasteiger charge is 2.26. The average molecular weight is 495 g/mol. The molecule has 0 spiro atoms. The summed E-state index contributed by atoms with van der Waals surface area (Å²) in [6.45, 7) is 2.97. The minimum absolute atomic E-state index is 0.0639. The fourth-order valence-corrected chi connectivity index (χ4v) is 5.05. The standard InChI is InChI=1S/C24H26N6O4S/c1-2-34-19(31)11-27-22(32)18-14-35-21-20(18)28-24(29-9-5-8-17(26)13-29)30(23(21)33)12-16-7-4-3-6-15(16)10-25/h3-4,6-7,14,17H,2,5,8-9,11-13,26H2,1H3,(H,27,32)/t17-/m1/s1. The van der Waals surface area contributed by atoms with Gasteiger partial charge in [-0.3, -0.25) is 19.0 Å². The van der Waals surface area contributed by atoms with Gasteiger partial charge in [0.25, 0.3) is 11.5 Å². The Labute approximate surface area is 205 Å². The molecular formula is C24H26N6O4S. The Bertz CT molecular complexity index is 1360. The first-order chi connectivity index (χ1) is 16.9. The quantitative estimate of drug-likeness (QED) is 0.472. The van der Waals surface area contributed by atoms with Crippen LogP contribution in [0, 0.1) is 11.3 Å². The molecule has 1 aliphatic rings. The van der Waals surface area contributed by atoms with Gasteiger partial charge < -0.3 is 20.7 Å². The van der Waals surface area contributed by atoms with Crippen LogP contribution in [0.25, 0.3) is 10.2 Å². The van der Waals surface area contributed by atoms with E-state index in [4.69, 9.17) is 15.5 Å². The van der Waals surface area contributed by atoms with Gasteiger partial charge in [0, 0.05) is 24.5 Å². The summed E-state index contributed by atoms with van der Waals surface area (Å²) in [5, 5.41) is 13.6. The Kier molecular flexibility index (Phi) is 7.43. The number of rotatable bonds is 7. The minimum Gasteiger partial charge on any atom is -0.465 e. The maximum Gasteiger partial charge on any atom is 0.325 e. The molecule has 1 fully saturated rings. The van der Waals surface area contributed by atoms with E-state index in [1.807, 2.05) is 17.0 Å². The minimum atomic E-state index is -0.546. The second-order valence-corrected chi connectivity index (χ2v) is 9.11. The van der Waals surface area contributed by atoms with Crippen molar-refractivity contribution in [1.82, 2.24) is 14.9 Å². The number of amides is 1. The van der Waals surface area contributed by atoms with E-state index >= 15 is 0 Å². The average Bonchev–Trinajstić information content (AvgIpc) is 3.29. The Hall–Kier alpha value is -3.75. The van der Waals surface area contributed by atoms with Crippen molar-refractivity contribution in [3.63, 3.8) is 0 Å². The highest BCUT2D eigenvalue weighted by atomic mass is 32.1. The lowest BCUT2D eigenvalue weighted by Crippen LogP contribution is -2.45. The molecule has 1 saturated heterocycles. The molecule has 0 bridgehead atoms. The molecule has 1 aromatic carbocycles. The van der Waals surface area contributed by atoms with Crippen LogP contribution >= 0.6 is 11.3 Å². The number of carbonyl (C=O) groups is 2. The number of nitrogens with zero attached hydrogens (tertiary/aromatic N) is 4. The third-order valence-corrected chi connectivity index (χ3v) is 6.76. The lowest BCUT2D eigenvalue weighted by Gasteiger charge is -2.33.